The molecule has 2 atom stereocenters. The number of para-hydroxylation sites is 3. The summed E-state index contributed by atoms with van der Waals surface area (Å²) < 4.78 is 19.5. The summed E-state index contributed by atoms with van der Waals surface area (Å²) in [4.78, 5) is 0. The predicted octanol–water partition coefficient (Wildman–Crippen LogP) is 9.59. The van der Waals surface area contributed by atoms with Crippen molar-refractivity contribution in [2.45, 2.75) is 110 Å². The van der Waals surface area contributed by atoms with E-state index >= 15 is 0 Å². The maximum atomic E-state index is 11.7. The maximum absolute atomic E-state index is 11.7. The minimum Gasteiger partial charge on any atom is -0.504 e. The molecule has 0 aliphatic heterocycles. The molecule has 0 amide bonds. The standard InChI is InChI=1S/C38H49N3O5/c1-5-9-11-17-27(7-3)44-34-23-15-20-30(36(34)42)38(46-33-22-14-13-19-29(33)32-25-26-39-41-40-32)31-21-16-24-35(37(31)43)45-28(8-4)18-12-10-6-2/h13-16,19-28,38,42-43H,5-12,17-18H2,1-4H3. The minimum atomic E-state index is -0.914. The summed E-state index contributed by atoms with van der Waals surface area (Å²) in [6.07, 6.45) is 10.7. The molecule has 3 aromatic carbocycles. The predicted molar refractivity (Wildman–Crippen MR) is 182 cm³/mol. The zero-order valence-electron chi connectivity index (χ0n) is 27.7. The van der Waals surface area contributed by atoms with E-state index in [0.29, 0.717) is 39.6 Å². The van der Waals surface area contributed by atoms with Gasteiger partial charge in [-0.1, -0.05) is 89.8 Å². The number of phenols is 2. The van der Waals surface area contributed by atoms with Crippen molar-refractivity contribution in [3.8, 4) is 40.0 Å². The first-order valence-corrected chi connectivity index (χ1v) is 16.9. The van der Waals surface area contributed by atoms with Crippen molar-refractivity contribution in [2.24, 2.45) is 0 Å². The van der Waals surface area contributed by atoms with Gasteiger partial charge in [-0.25, -0.2) is 0 Å². The summed E-state index contributed by atoms with van der Waals surface area (Å²) in [7, 11) is 0. The van der Waals surface area contributed by atoms with Gasteiger partial charge in [0.25, 0.3) is 0 Å². The topological polar surface area (TPSA) is 107 Å². The molecule has 0 spiro atoms. The van der Waals surface area contributed by atoms with E-state index in [2.05, 4.69) is 43.1 Å². The van der Waals surface area contributed by atoms with Crippen LogP contribution in [0.3, 0.4) is 0 Å². The minimum absolute atomic E-state index is 0.0260. The molecule has 2 unspecified atom stereocenters. The highest BCUT2D eigenvalue weighted by Gasteiger charge is 2.28. The van der Waals surface area contributed by atoms with Crippen LogP contribution < -0.4 is 14.2 Å². The van der Waals surface area contributed by atoms with Gasteiger partial charge in [0.05, 0.1) is 18.4 Å². The van der Waals surface area contributed by atoms with E-state index in [1.807, 2.05) is 36.4 Å². The Balaban J connectivity index is 1.77. The Morgan fingerprint density at radius 1 is 0.609 bits per heavy atom. The number of hydrogen-bond donors (Lipinski definition) is 2. The van der Waals surface area contributed by atoms with Crippen LogP contribution in [0.2, 0.25) is 0 Å². The van der Waals surface area contributed by atoms with E-state index in [4.69, 9.17) is 14.2 Å². The van der Waals surface area contributed by atoms with Gasteiger partial charge in [-0.2, -0.15) is 0 Å². The van der Waals surface area contributed by atoms with Crippen molar-refractivity contribution >= 4 is 0 Å². The zero-order chi connectivity index (χ0) is 32.7. The molecule has 0 aliphatic carbocycles. The van der Waals surface area contributed by atoms with Crippen molar-refractivity contribution in [3.63, 3.8) is 0 Å². The summed E-state index contributed by atoms with van der Waals surface area (Å²) in [6.45, 7) is 8.55. The normalized spacial score (nSPS) is 13.1. The molecule has 4 rings (SSSR count). The van der Waals surface area contributed by atoms with E-state index in [9.17, 15) is 10.2 Å². The van der Waals surface area contributed by atoms with E-state index in [1.165, 1.54) is 0 Å². The highest BCUT2D eigenvalue weighted by Crippen LogP contribution is 2.45. The molecular weight excluding hydrogens is 578 g/mol. The van der Waals surface area contributed by atoms with Gasteiger partial charge < -0.3 is 24.4 Å². The average Bonchev–Trinajstić information content (AvgIpc) is 3.09. The second kappa shape index (κ2) is 18.0. The van der Waals surface area contributed by atoms with Gasteiger partial charge in [-0.3, -0.25) is 0 Å². The summed E-state index contributed by atoms with van der Waals surface area (Å²) in [6, 6.07) is 20.1. The van der Waals surface area contributed by atoms with Gasteiger partial charge in [0.15, 0.2) is 29.1 Å². The lowest BCUT2D eigenvalue weighted by atomic mass is 9.98. The fraction of sp³-hybridized carbons (Fsp3) is 0.447. The Bertz CT molecular complexity index is 1410. The second-order valence-electron chi connectivity index (χ2n) is 11.7. The molecule has 0 fully saturated rings. The van der Waals surface area contributed by atoms with Gasteiger partial charge in [0, 0.05) is 16.7 Å². The lowest BCUT2D eigenvalue weighted by Crippen LogP contribution is -2.17. The Morgan fingerprint density at radius 3 is 1.65 bits per heavy atom. The number of ether oxygens (including phenoxy) is 3. The quantitative estimate of drug-likeness (QED) is 0.0990. The first-order valence-electron chi connectivity index (χ1n) is 16.9. The monoisotopic (exact) mass is 627 g/mol. The zero-order valence-corrected chi connectivity index (χ0v) is 27.7. The molecule has 0 aliphatic rings. The van der Waals surface area contributed by atoms with E-state index in [0.717, 1.165) is 64.2 Å². The van der Waals surface area contributed by atoms with E-state index in [-0.39, 0.29) is 23.7 Å². The fourth-order valence-electron chi connectivity index (χ4n) is 5.58. The van der Waals surface area contributed by atoms with Crippen LogP contribution in [0.4, 0.5) is 0 Å². The first-order chi connectivity index (χ1) is 22.5. The van der Waals surface area contributed by atoms with Gasteiger partial charge in [0.2, 0.25) is 0 Å². The number of aromatic hydroxyl groups is 2. The van der Waals surface area contributed by atoms with Crippen molar-refractivity contribution in [2.75, 3.05) is 0 Å². The molecule has 246 valence electrons. The van der Waals surface area contributed by atoms with Gasteiger partial charge in [0.1, 0.15) is 11.4 Å². The third-order valence-corrected chi connectivity index (χ3v) is 8.29. The van der Waals surface area contributed by atoms with Crippen molar-refractivity contribution in [3.05, 3.63) is 84.1 Å². The number of benzene rings is 3. The molecule has 0 saturated heterocycles. The Morgan fingerprint density at radius 2 is 1.15 bits per heavy atom. The molecular formula is C38H49N3O5. The smallest absolute Gasteiger partial charge is 0.165 e. The first kappa shape index (κ1) is 34.5. The van der Waals surface area contributed by atoms with Crippen molar-refractivity contribution in [1.82, 2.24) is 15.4 Å². The number of unbranched alkanes of at least 4 members (excludes halogenated alkanes) is 4. The molecule has 8 nitrogen and oxygen atoms in total. The lowest BCUT2D eigenvalue weighted by molar-refractivity contribution is 0.171. The van der Waals surface area contributed by atoms with Crippen LogP contribution in [0, 0.1) is 0 Å². The maximum Gasteiger partial charge on any atom is 0.165 e. The number of nitrogens with zero attached hydrogens (tertiary/aromatic N) is 3. The Kier molecular flexibility index (Phi) is 13.5. The molecule has 0 bridgehead atoms. The molecule has 1 aromatic heterocycles. The highest BCUT2D eigenvalue weighted by atomic mass is 16.5. The highest BCUT2D eigenvalue weighted by molar-refractivity contribution is 5.67. The van der Waals surface area contributed by atoms with Crippen LogP contribution in [-0.2, 0) is 0 Å². The molecule has 0 saturated carbocycles. The second-order valence-corrected chi connectivity index (χ2v) is 11.7. The van der Waals surface area contributed by atoms with Crippen molar-refractivity contribution in [1.29, 1.82) is 0 Å². The molecule has 4 aromatic rings. The largest absolute Gasteiger partial charge is 0.504 e. The van der Waals surface area contributed by atoms with Crippen molar-refractivity contribution < 1.29 is 24.4 Å². The van der Waals surface area contributed by atoms with E-state index < -0.39 is 6.10 Å². The number of phenolic OH excluding ortho intramolecular Hbond substituents is 2. The van der Waals surface area contributed by atoms with Gasteiger partial charge in [-0.05, 0) is 74.1 Å². The molecule has 0 radical (unpaired) electrons. The van der Waals surface area contributed by atoms with E-state index in [1.54, 1.807) is 36.5 Å². The van der Waals surface area contributed by atoms with Crippen LogP contribution >= 0.6 is 0 Å². The third-order valence-electron chi connectivity index (χ3n) is 8.29. The summed E-state index contributed by atoms with van der Waals surface area (Å²) in [5.41, 5.74) is 2.20. The van der Waals surface area contributed by atoms with Gasteiger partial charge >= 0.3 is 0 Å². The SMILES string of the molecule is CCCCCC(CC)Oc1cccc(C(Oc2ccccc2-c2ccnnn2)c2cccc(OC(CC)CCCCC)c2O)c1O. The number of rotatable bonds is 19. The summed E-state index contributed by atoms with van der Waals surface area (Å²) in [5, 5.41) is 35.2. The van der Waals surface area contributed by atoms with Crippen LogP contribution in [0.15, 0.2) is 72.9 Å². The molecule has 2 N–H and O–H groups in total. The number of aromatic nitrogens is 3. The van der Waals surface area contributed by atoms with Crippen LogP contribution in [-0.4, -0.2) is 37.8 Å². The summed E-state index contributed by atoms with van der Waals surface area (Å²) >= 11 is 0. The lowest BCUT2D eigenvalue weighted by Gasteiger charge is -2.26. The molecule has 46 heavy (non-hydrogen) atoms. The Labute approximate surface area is 273 Å². The number of hydrogen-bond acceptors (Lipinski definition) is 8. The molecule has 1 heterocycles. The van der Waals surface area contributed by atoms with Crippen LogP contribution in [0.25, 0.3) is 11.3 Å². The fourth-order valence-corrected chi connectivity index (χ4v) is 5.58. The third kappa shape index (κ3) is 9.12. The van der Waals surface area contributed by atoms with Crippen LogP contribution in [0.5, 0.6) is 28.7 Å². The average molecular weight is 628 g/mol. The summed E-state index contributed by atoms with van der Waals surface area (Å²) in [5.74, 6) is 1.22. The molecule has 8 heteroatoms. The van der Waals surface area contributed by atoms with Gasteiger partial charge in [-0.15, -0.1) is 10.2 Å². The van der Waals surface area contributed by atoms with Crippen LogP contribution in [0.1, 0.15) is 109 Å². The Hall–Kier alpha value is -4.33.